The molecule has 0 spiro atoms. The Hall–Kier alpha value is -1.62. The summed E-state index contributed by atoms with van der Waals surface area (Å²) in [6.07, 6.45) is 2.02. The van der Waals surface area contributed by atoms with E-state index in [9.17, 15) is 9.18 Å². The zero-order chi connectivity index (χ0) is 15.2. The number of amides is 1. The number of halogens is 1. The monoisotopic (exact) mass is 294 g/mol. The molecule has 1 heterocycles. The van der Waals surface area contributed by atoms with Gasteiger partial charge in [0.15, 0.2) is 0 Å². The first-order valence-corrected chi connectivity index (χ1v) is 7.43. The number of nitrogens with zero attached hydrogens (tertiary/aromatic N) is 1. The van der Waals surface area contributed by atoms with E-state index in [1.54, 1.807) is 24.1 Å². The van der Waals surface area contributed by atoms with Crippen LogP contribution in [0.15, 0.2) is 24.3 Å². The molecule has 2 rings (SSSR count). The number of piperidine rings is 1. The Bertz CT molecular complexity index is 464. The summed E-state index contributed by atoms with van der Waals surface area (Å²) in [6, 6.07) is 5.81. The van der Waals surface area contributed by atoms with Crippen molar-refractivity contribution < 1.29 is 13.9 Å². The normalized spacial score (nSPS) is 21.9. The molecule has 0 aromatic heterocycles. The first kappa shape index (κ1) is 15.8. The third-order valence-electron chi connectivity index (χ3n) is 3.85. The summed E-state index contributed by atoms with van der Waals surface area (Å²) in [6.45, 7) is 4.00. The van der Waals surface area contributed by atoms with E-state index in [2.05, 4.69) is 12.2 Å². The van der Waals surface area contributed by atoms with Crippen LogP contribution in [0.25, 0.3) is 0 Å². The fourth-order valence-corrected chi connectivity index (χ4v) is 2.50. The summed E-state index contributed by atoms with van der Waals surface area (Å²) in [5, 5.41) is 3.27. The van der Waals surface area contributed by atoms with E-state index in [1.807, 2.05) is 0 Å². The minimum Gasteiger partial charge on any atom is -0.492 e. The summed E-state index contributed by atoms with van der Waals surface area (Å²) in [4.78, 5) is 14.0. The number of nitrogens with one attached hydrogen (secondary N) is 1. The lowest BCUT2D eigenvalue weighted by molar-refractivity contribution is -0.133. The molecule has 0 bridgehead atoms. The molecule has 1 N–H and O–H groups in total. The minimum absolute atomic E-state index is 0.0791. The van der Waals surface area contributed by atoms with Crippen molar-refractivity contribution >= 4 is 5.91 Å². The van der Waals surface area contributed by atoms with Crippen LogP contribution in [-0.4, -0.2) is 43.6 Å². The molecule has 1 aliphatic rings. The third-order valence-corrected chi connectivity index (χ3v) is 3.85. The van der Waals surface area contributed by atoms with Crippen LogP contribution in [0.3, 0.4) is 0 Å². The highest BCUT2D eigenvalue weighted by molar-refractivity contribution is 5.81. The van der Waals surface area contributed by atoms with Crippen molar-refractivity contribution in [1.82, 2.24) is 10.2 Å². The molecule has 0 radical (unpaired) electrons. The quantitative estimate of drug-likeness (QED) is 0.903. The van der Waals surface area contributed by atoms with Gasteiger partial charge in [0.05, 0.1) is 12.6 Å². The van der Waals surface area contributed by atoms with E-state index < -0.39 is 0 Å². The van der Waals surface area contributed by atoms with Crippen LogP contribution >= 0.6 is 0 Å². The number of rotatable bonds is 5. The van der Waals surface area contributed by atoms with Gasteiger partial charge in [0, 0.05) is 7.05 Å². The van der Waals surface area contributed by atoms with E-state index >= 15 is 0 Å². The van der Waals surface area contributed by atoms with E-state index in [0.29, 0.717) is 24.8 Å². The second-order valence-electron chi connectivity index (χ2n) is 5.70. The number of benzene rings is 1. The topological polar surface area (TPSA) is 41.6 Å². The van der Waals surface area contributed by atoms with Gasteiger partial charge in [-0.2, -0.15) is 0 Å². The molecule has 1 aromatic carbocycles. The van der Waals surface area contributed by atoms with Gasteiger partial charge >= 0.3 is 0 Å². The van der Waals surface area contributed by atoms with Gasteiger partial charge < -0.3 is 15.0 Å². The number of hydrogen-bond acceptors (Lipinski definition) is 3. The predicted octanol–water partition coefficient (Wildman–Crippen LogP) is 2.05. The van der Waals surface area contributed by atoms with E-state index in [1.165, 1.54) is 12.1 Å². The molecule has 1 amide bonds. The first-order chi connectivity index (χ1) is 10.1. The van der Waals surface area contributed by atoms with Crippen molar-refractivity contribution in [3.05, 3.63) is 30.1 Å². The van der Waals surface area contributed by atoms with Crippen LogP contribution < -0.4 is 10.1 Å². The highest BCUT2D eigenvalue weighted by Crippen LogP contribution is 2.16. The molecular weight excluding hydrogens is 271 g/mol. The Morgan fingerprint density at radius 1 is 1.43 bits per heavy atom. The number of ether oxygens (including phenoxy) is 1. The van der Waals surface area contributed by atoms with E-state index in [0.717, 1.165) is 19.4 Å². The number of carbonyl (C=O) groups is 1. The van der Waals surface area contributed by atoms with Crippen LogP contribution in [0, 0.1) is 11.7 Å². The van der Waals surface area contributed by atoms with Crippen molar-refractivity contribution in [1.29, 1.82) is 0 Å². The number of hydrogen-bond donors (Lipinski definition) is 1. The fraction of sp³-hybridized carbons (Fsp3) is 0.562. The fourth-order valence-electron chi connectivity index (χ4n) is 2.50. The standard InChI is InChI=1S/C16H23FN2O2/c1-12-7-8-18-15(11-12)16(20)19(2)9-10-21-14-5-3-13(17)4-6-14/h3-6,12,15,18H,7-11H2,1-2H3. The molecule has 2 atom stereocenters. The predicted molar refractivity (Wildman–Crippen MR) is 79.7 cm³/mol. The van der Waals surface area contributed by atoms with Crippen LogP contribution in [0.2, 0.25) is 0 Å². The first-order valence-electron chi connectivity index (χ1n) is 7.43. The second-order valence-corrected chi connectivity index (χ2v) is 5.70. The van der Waals surface area contributed by atoms with Crippen LogP contribution in [0.5, 0.6) is 5.75 Å². The lowest BCUT2D eigenvalue weighted by atomic mass is 9.93. The average molecular weight is 294 g/mol. The summed E-state index contributed by atoms with van der Waals surface area (Å²) in [5.41, 5.74) is 0. The molecule has 1 aromatic rings. The molecule has 1 aliphatic heterocycles. The van der Waals surface area contributed by atoms with Crippen molar-refractivity contribution in [2.24, 2.45) is 5.92 Å². The van der Waals surface area contributed by atoms with Gasteiger partial charge in [-0.25, -0.2) is 4.39 Å². The van der Waals surface area contributed by atoms with Gasteiger partial charge in [-0.1, -0.05) is 6.92 Å². The SMILES string of the molecule is CC1CCNC(C(=O)N(C)CCOc2ccc(F)cc2)C1. The number of carbonyl (C=O) groups excluding carboxylic acids is 1. The molecule has 0 aliphatic carbocycles. The Morgan fingerprint density at radius 2 is 2.14 bits per heavy atom. The smallest absolute Gasteiger partial charge is 0.239 e. The summed E-state index contributed by atoms with van der Waals surface area (Å²) >= 11 is 0. The lowest BCUT2D eigenvalue weighted by Crippen LogP contribution is -2.49. The van der Waals surface area contributed by atoms with Gasteiger partial charge in [0.25, 0.3) is 0 Å². The maximum atomic E-state index is 12.8. The maximum Gasteiger partial charge on any atom is 0.239 e. The van der Waals surface area contributed by atoms with Crippen molar-refractivity contribution in [2.45, 2.75) is 25.8 Å². The molecule has 5 heteroatoms. The summed E-state index contributed by atoms with van der Waals surface area (Å²) < 4.78 is 18.3. The third kappa shape index (κ3) is 4.70. The van der Waals surface area contributed by atoms with Crippen LogP contribution in [0.1, 0.15) is 19.8 Å². The second kappa shape index (κ2) is 7.41. The summed E-state index contributed by atoms with van der Waals surface area (Å²) in [7, 11) is 1.79. The molecule has 1 fully saturated rings. The molecule has 21 heavy (non-hydrogen) atoms. The maximum absolute atomic E-state index is 12.8. The Balaban J connectivity index is 1.74. The Kier molecular flexibility index (Phi) is 5.56. The van der Waals surface area contributed by atoms with E-state index in [4.69, 9.17) is 4.74 Å². The van der Waals surface area contributed by atoms with Gasteiger partial charge in [-0.15, -0.1) is 0 Å². The van der Waals surface area contributed by atoms with Gasteiger partial charge in [0.1, 0.15) is 18.2 Å². The molecule has 116 valence electrons. The number of likely N-dealkylation sites (N-methyl/N-ethyl adjacent to an activating group) is 1. The zero-order valence-electron chi connectivity index (χ0n) is 12.6. The highest BCUT2D eigenvalue weighted by atomic mass is 19.1. The van der Waals surface area contributed by atoms with Crippen LogP contribution in [-0.2, 0) is 4.79 Å². The van der Waals surface area contributed by atoms with Crippen molar-refractivity contribution in [3.8, 4) is 5.75 Å². The van der Waals surface area contributed by atoms with Crippen molar-refractivity contribution in [3.63, 3.8) is 0 Å². The lowest BCUT2D eigenvalue weighted by Gasteiger charge is -2.30. The molecular formula is C16H23FN2O2. The van der Waals surface area contributed by atoms with Gasteiger partial charge in [-0.3, -0.25) is 4.79 Å². The Labute approximate surface area is 125 Å². The van der Waals surface area contributed by atoms with Crippen LogP contribution in [0.4, 0.5) is 4.39 Å². The van der Waals surface area contributed by atoms with Gasteiger partial charge in [-0.05, 0) is 49.6 Å². The average Bonchev–Trinajstić information content (AvgIpc) is 2.48. The minimum atomic E-state index is -0.285. The molecule has 0 saturated carbocycles. The largest absolute Gasteiger partial charge is 0.492 e. The Morgan fingerprint density at radius 3 is 2.81 bits per heavy atom. The van der Waals surface area contributed by atoms with Crippen molar-refractivity contribution in [2.75, 3.05) is 26.7 Å². The van der Waals surface area contributed by atoms with Gasteiger partial charge in [0.2, 0.25) is 5.91 Å². The highest BCUT2D eigenvalue weighted by Gasteiger charge is 2.26. The van der Waals surface area contributed by atoms with E-state index in [-0.39, 0.29) is 17.8 Å². The summed E-state index contributed by atoms with van der Waals surface area (Å²) in [5.74, 6) is 1.03. The molecule has 2 unspecified atom stereocenters. The molecule has 4 nitrogen and oxygen atoms in total. The zero-order valence-corrected chi connectivity index (χ0v) is 12.6. The molecule has 1 saturated heterocycles.